The van der Waals surface area contributed by atoms with E-state index in [4.69, 9.17) is 9.68 Å². The predicted molar refractivity (Wildman–Crippen MR) is 52.0 cm³/mol. The number of aromatic nitrogens is 1. The van der Waals surface area contributed by atoms with E-state index in [0.29, 0.717) is 17.6 Å². The van der Waals surface area contributed by atoms with Crippen LogP contribution in [0.25, 0.3) is 11.3 Å². The molecule has 1 heterocycles. The molecule has 0 bridgehead atoms. The molecule has 72 valence electrons. The first kappa shape index (κ1) is 9.16. The van der Waals surface area contributed by atoms with E-state index in [1.165, 1.54) is 6.39 Å². The summed E-state index contributed by atoms with van der Waals surface area (Å²) in [6.07, 6.45) is 1.86. The summed E-state index contributed by atoms with van der Waals surface area (Å²) < 4.78 is 5.09. The molecule has 2 aromatic rings. The highest BCUT2D eigenvalue weighted by Crippen LogP contribution is 2.21. The van der Waals surface area contributed by atoms with Crippen molar-refractivity contribution >= 4 is 6.29 Å². The lowest BCUT2D eigenvalue weighted by Crippen LogP contribution is -1.84. The summed E-state index contributed by atoms with van der Waals surface area (Å²) in [7, 11) is 0. The van der Waals surface area contributed by atoms with E-state index in [2.05, 4.69) is 4.98 Å². The molecule has 0 saturated carbocycles. The maximum atomic E-state index is 10.6. The lowest BCUT2D eigenvalue weighted by atomic mass is 10.1. The van der Waals surface area contributed by atoms with Crippen molar-refractivity contribution in [2.45, 2.75) is 0 Å². The standard InChI is InChI=1S/C11H6N2O2/c12-5-8-1-3-9(4-2-8)11-10(6-14)13-7-15-11/h1-4,6-7H. The van der Waals surface area contributed by atoms with Crippen LogP contribution in [0.5, 0.6) is 0 Å². The second-order valence-electron chi connectivity index (χ2n) is 2.87. The minimum absolute atomic E-state index is 0.264. The summed E-state index contributed by atoms with van der Waals surface area (Å²) in [5, 5.41) is 8.62. The lowest BCUT2D eigenvalue weighted by Gasteiger charge is -1.96. The van der Waals surface area contributed by atoms with Gasteiger partial charge >= 0.3 is 0 Å². The van der Waals surface area contributed by atoms with E-state index in [0.717, 1.165) is 5.56 Å². The van der Waals surface area contributed by atoms with Crippen molar-refractivity contribution in [2.75, 3.05) is 0 Å². The Morgan fingerprint density at radius 1 is 1.33 bits per heavy atom. The number of carbonyl (C=O) groups excluding carboxylic acids is 1. The molecule has 1 aromatic carbocycles. The molecule has 0 atom stereocenters. The minimum Gasteiger partial charge on any atom is -0.443 e. The highest BCUT2D eigenvalue weighted by Gasteiger charge is 2.09. The Hall–Kier alpha value is -2.41. The fourth-order valence-electron chi connectivity index (χ4n) is 1.25. The third-order valence-corrected chi connectivity index (χ3v) is 1.98. The molecule has 0 spiro atoms. The van der Waals surface area contributed by atoms with E-state index in [-0.39, 0.29) is 5.69 Å². The Labute approximate surface area is 85.8 Å². The molecule has 0 saturated heterocycles. The third-order valence-electron chi connectivity index (χ3n) is 1.98. The summed E-state index contributed by atoms with van der Waals surface area (Å²) in [6.45, 7) is 0. The van der Waals surface area contributed by atoms with Crippen LogP contribution in [0.1, 0.15) is 16.1 Å². The molecular weight excluding hydrogens is 192 g/mol. The van der Waals surface area contributed by atoms with Crippen molar-refractivity contribution in [3.05, 3.63) is 41.9 Å². The second kappa shape index (κ2) is 3.76. The molecule has 0 radical (unpaired) electrons. The molecule has 15 heavy (non-hydrogen) atoms. The van der Waals surface area contributed by atoms with Gasteiger partial charge in [-0.1, -0.05) is 0 Å². The minimum atomic E-state index is 0.264. The van der Waals surface area contributed by atoms with E-state index in [1.807, 2.05) is 6.07 Å². The number of benzene rings is 1. The summed E-state index contributed by atoms with van der Waals surface area (Å²) in [6, 6.07) is 8.76. The number of hydrogen-bond donors (Lipinski definition) is 0. The van der Waals surface area contributed by atoms with Crippen molar-refractivity contribution in [1.82, 2.24) is 4.98 Å². The number of carbonyl (C=O) groups is 1. The summed E-state index contributed by atoms with van der Waals surface area (Å²) in [5.74, 6) is 0.425. The van der Waals surface area contributed by atoms with Crippen LogP contribution in [0.2, 0.25) is 0 Å². The zero-order valence-corrected chi connectivity index (χ0v) is 7.68. The highest BCUT2D eigenvalue weighted by molar-refractivity contribution is 5.82. The molecule has 0 N–H and O–H groups in total. The monoisotopic (exact) mass is 198 g/mol. The number of nitriles is 1. The quantitative estimate of drug-likeness (QED) is 0.692. The molecule has 1 aromatic heterocycles. The molecule has 4 nitrogen and oxygen atoms in total. The average Bonchev–Trinajstić information content (AvgIpc) is 2.77. The second-order valence-corrected chi connectivity index (χ2v) is 2.87. The number of aldehydes is 1. The first-order valence-electron chi connectivity index (χ1n) is 4.24. The molecule has 0 fully saturated rings. The zero-order valence-electron chi connectivity index (χ0n) is 7.68. The van der Waals surface area contributed by atoms with E-state index in [9.17, 15) is 4.79 Å². The van der Waals surface area contributed by atoms with Crippen LogP contribution in [0.15, 0.2) is 35.1 Å². The Morgan fingerprint density at radius 3 is 2.67 bits per heavy atom. The van der Waals surface area contributed by atoms with Gasteiger partial charge in [-0.2, -0.15) is 5.26 Å². The first-order valence-corrected chi connectivity index (χ1v) is 4.24. The van der Waals surface area contributed by atoms with Crippen LogP contribution in [0.4, 0.5) is 0 Å². The van der Waals surface area contributed by atoms with Crippen LogP contribution in [0.3, 0.4) is 0 Å². The maximum absolute atomic E-state index is 10.6. The number of nitrogens with zero attached hydrogens (tertiary/aromatic N) is 2. The molecule has 0 amide bonds. The van der Waals surface area contributed by atoms with Gasteiger partial charge in [0.25, 0.3) is 0 Å². The van der Waals surface area contributed by atoms with Crippen molar-refractivity contribution in [3.63, 3.8) is 0 Å². The van der Waals surface area contributed by atoms with Gasteiger partial charge in [-0.3, -0.25) is 4.79 Å². The van der Waals surface area contributed by atoms with Gasteiger partial charge in [0, 0.05) is 5.56 Å². The Kier molecular flexibility index (Phi) is 2.30. The van der Waals surface area contributed by atoms with Gasteiger partial charge in [0.2, 0.25) is 0 Å². The Balaban J connectivity index is 2.46. The van der Waals surface area contributed by atoms with Crippen LogP contribution in [-0.2, 0) is 0 Å². The van der Waals surface area contributed by atoms with E-state index in [1.54, 1.807) is 24.3 Å². The highest BCUT2D eigenvalue weighted by atomic mass is 16.3. The Morgan fingerprint density at radius 2 is 2.07 bits per heavy atom. The van der Waals surface area contributed by atoms with Gasteiger partial charge in [0.05, 0.1) is 11.6 Å². The SMILES string of the molecule is N#Cc1ccc(-c2ocnc2C=O)cc1. The maximum Gasteiger partial charge on any atom is 0.182 e. The number of hydrogen-bond acceptors (Lipinski definition) is 4. The number of rotatable bonds is 2. The van der Waals surface area contributed by atoms with Gasteiger partial charge in [-0.25, -0.2) is 4.98 Å². The molecule has 2 rings (SSSR count). The molecule has 0 aliphatic heterocycles. The largest absolute Gasteiger partial charge is 0.443 e. The molecule has 4 heteroatoms. The normalized spacial score (nSPS) is 9.53. The lowest BCUT2D eigenvalue weighted by molar-refractivity contribution is 0.112. The van der Waals surface area contributed by atoms with E-state index >= 15 is 0 Å². The number of oxazole rings is 1. The predicted octanol–water partition coefficient (Wildman–Crippen LogP) is 2.03. The van der Waals surface area contributed by atoms with Crippen LogP contribution >= 0.6 is 0 Å². The Bertz CT molecular complexity index is 520. The van der Waals surface area contributed by atoms with Crippen molar-refractivity contribution in [1.29, 1.82) is 5.26 Å². The van der Waals surface area contributed by atoms with E-state index < -0.39 is 0 Å². The van der Waals surface area contributed by atoms with Gasteiger partial charge < -0.3 is 4.42 Å². The smallest absolute Gasteiger partial charge is 0.182 e. The molecule has 0 aliphatic carbocycles. The first-order chi connectivity index (χ1) is 7.35. The summed E-state index contributed by atoms with van der Waals surface area (Å²) in [4.78, 5) is 14.4. The molecule has 0 aliphatic rings. The van der Waals surface area contributed by atoms with Crippen molar-refractivity contribution in [2.24, 2.45) is 0 Å². The summed E-state index contributed by atoms with van der Waals surface area (Å²) in [5.41, 5.74) is 1.55. The average molecular weight is 198 g/mol. The van der Waals surface area contributed by atoms with Gasteiger partial charge in [-0.05, 0) is 24.3 Å². The zero-order chi connectivity index (χ0) is 10.7. The third kappa shape index (κ3) is 1.63. The fraction of sp³-hybridized carbons (Fsp3) is 0. The van der Waals surface area contributed by atoms with Crippen LogP contribution in [0, 0.1) is 11.3 Å². The van der Waals surface area contributed by atoms with Gasteiger partial charge in [0.1, 0.15) is 5.69 Å². The van der Waals surface area contributed by atoms with Crippen molar-refractivity contribution < 1.29 is 9.21 Å². The molecular formula is C11H6N2O2. The van der Waals surface area contributed by atoms with Crippen molar-refractivity contribution in [3.8, 4) is 17.4 Å². The molecule has 0 unspecified atom stereocenters. The van der Waals surface area contributed by atoms with Crippen LogP contribution < -0.4 is 0 Å². The topological polar surface area (TPSA) is 66.9 Å². The fourth-order valence-corrected chi connectivity index (χ4v) is 1.25. The van der Waals surface area contributed by atoms with Gasteiger partial charge in [0.15, 0.2) is 18.4 Å². The summed E-state index contributed by atoms with van der Waals surface area (Å²) >= 11 is 0. The van der Waals surface area contributed by atoms with Crippen LogP contribution in [-0.4, -0.2) is 11.3 Å². The van der Waals surface area contributed by atoms with Gasteiger partial charge in [-0.15, -0.1) is 0 Å².